The molecule has 4 aromatic carbocycles. The van der Waals surface area contributed by atoms with Crippen LogP contribution in [0.4, 0.5) is 0 Å². The quantitative estimate of drug-likeness (QED) is 0.0212. The van der Waals surface area contributed by atoms with E-state index in [1.165, 1.54) is 0 Å². The smallest absolute Gasteiger partial charge is 0.343 e. The lowest BCUT2D eigenvalue weighted by Crippen LogP contribution is -2.25. The molecule has 16 heteroatoms. The number of rotatable bonds is 33. The average Bonchev–Trinajstić information content (AvgIpc) is 4.29. The zero-order valence-electron chi connectivity index (χ0n) is 38.1. The molecule has 16 nitrogen and oxygen atoms in total. The normalized spacial score (nSPS) is 16.9. The minimum Gasteiger partial charge on any atom is -0.491 e. The fourth-order valence-electron chi connectivity index (χ4n) is 5.76. The van der Waals surface area contributed by atoms with E-state index in [0.717, 1.165) is 13.2 Å². The van der Waals surface area contributed by atoms with Gasteiger partial charge in [0.1, 0.15) is 73.1 Å². The van der Waals surface area contributed by atoms with E-state index in [1.54, 1.807) is 97.1 Å². The van der Waals surface area contributed by atoms with Crippen molar-refractivity contribution in [1.29, 1.82) is 0 Å². The van der Waals surface area contributed by atoms with Gasteiger partial charge in [0.05, 0.1) is 102 Å². The number of epoxide rings is 2. The Bertz CT molecular complexity index is 1840. The highest BCUT2D eigenvalue weighted by Crippen LogP contribution is 2.22. The van der Waals surface area contributed by atoms with Crippen LogP contribution in [0.5, 0.6) is 34.5 Å². The van der Waals surface area contributed by atoms with Crippen molar-refractivity contribution < 1.29 is 75.9 Å². The first-order chi connectivity index (χ1) is 32.1. The molecular formula is C50H62O16. The molecule has 6 atom stereocenters. The Morgan fingerprint density at radius 1 is 0.424 bits per heavy atom. The molecular weight excluding hydrogens is 857 g/mol. The molecule has 0 N–H and O–H groups in total. The Balaban J connectivity index is 0.745. The molecule has 0 bridgehead atoms. The zero-order chi connectivity index (χ0) is 46.4. The highest BCUT2D eigenvalue weighted by molar-refractivity contribution is 5.91. The monoisotopic (exact) mass is 918 g/mol. The summed E-state index contributed by atoms with van der Waals surface area (Å²) in [4.78, 5) is 25.4. The lowest BCUT2D eigenvalue weighted by atomic mass is 10.2. The van der Waals surface area contributed by atoms with Crippen LogP contribution in [-0.4, -0.2) is 141 Å². The number of hydrogen-bond acceptors (Lipinski definition) is 16. The van der Waals surface area contributed by atoms with Crippen LogP contribution in [0.2, 0.25) is 0 Å². The average molecular weight is 919 g/mol. The second kappa shape index (κ2) is 27.4. The van der Waals surface area contributed by atoms with Crippen molar-refractivity contribution in [1.82, 2.24) is 0 Å². The van der Waals surface area contributed by atoms with Gasteiger partial charge in [0, 0.05) is 0 Å². The van der Waals surface area contributed by atoms with Gasteiger partial charge in [-0.3, -0.25) is 0 Å². The van der Waals surface area contributed by atoms with Crippen LogP contribution in [-0.2, 0) is 37.9 Å². The SMILES string of the molecule is CC(COc1ccc(OC(=O)c2ccc(OCCOCCOCCOc3ccc(C(=O)Oc4ccc(OCC(C)OCC(C)OCC5CO5)cc4)cc3)cc2)cc1)OCC(C)OCC1CO1. The summed E-state index contributed by atoms with van der Waals surface area (Å²) in [5.41, 5.74) is 0.772. The minimum atomic E-state index is -0.488. The topological polar surface area (TPSA) is 170 Å². The second-order valence-corrected chi connectivity index (χ2v) is 15.8. The maximum atomic E-state index is 12.7. The Kier molecular flexibility index (Phi) is 20.8. The predicted octanol–water partition coefficient (Wildman–Crippen LogP) is 6.79. The molecule has 2 fully saturated rings. The number of ether oxygens (including phenoxy) is 14. The van der Waals surface area contributed by atoms with Crippen LogP contribution in [0.3, 0.4) is 0 Å². The highest BCUT2D eigenvalue weighted by atomic mass is 16.6. The summed E-state index contributed by atoms with van der Waals surface area (Å²) in [5.74, 6) is 2.29. The van der Waals surface area contributed by atoms with Crippen LogP contribution in [0.25, 0.3) is 0 Å². The second-order valence-electron chi connectivity index (χ2n) is 15.8. The molecule has 66 heavy (non-hydrogen) atoms. The van der Waals surface area contributed by atoms with E-state index in [2.05, 4.69) is 0 Å². The largest absolute Gasteiger partial charge is 0.491 e. The van der Waals surface area contributed by atoms with Crippen LogP contribution in [0.15, 0.2) is 97.1 Å². The first kappa shape index (κ1) is 50.1. The van der Waals surface area contributed by atoms with E-state index >= 15 is 0 Å². The predicted molar refractivity (Wildman–Crippen MR) is 240 cm³/mol. The first-order valence-corrected chi connectivity index (χ1v) is 22.4. The Labute approximate surface area is 386 Å². The van der Waals surface area contributed by atoms with Crippen LogP contribution in [0.1, 0.15) is 48.4 Å². The van der Waals surface area contributed by atoms with Crippen LogP contribution < -0.4 is 28.4 Å². The van der Waals surface area contributed by atoms with Crippen molar-refractivity contribution in [2.24, 2.45) is 0 Å². The molecule has 2 aliphatic rings. The van der Waals surface area contributed by atoms with E-state index in [1.807, 2.05) is 27.7 Å². The van der Waals surface area contributed by atoms with Crippen molar-refractivity contribution in [3.05, 3.63) is 108 Å². The third-order valence-electron chi connectivity index (χ3n) is 9.75. The van der Waals surface area contributed by atoms with Gasteiger partial charge in [0.2, 0.25) is 0 Å². The summed E-state index contributed by atoms with van der Waals surface area (Å²) in [6.07, 6.45) is 0.159. The molecule has 2 saturated heterocycles. The number of carbonyl (C=O) groups is 2. The molecule has 0 spiro atoms. The van der Waals surface area contributed by atoms with E-state index in [4.69, 9.17) is 66.3 Å². The van der Waals surface area contributed by atoms with Gasteiger partial charge >= 0.3 is 11.9 Å². The zero-order valence-corrected chi connectivity index (χ0v) is 38.1. The summed E-state index contributed by atoms with van der Waals surface area (Å²) >= 11 is 0. The Morgan fingerprint density at radius 2 is 0.727 bits per heavy atom. The molecule has 0 saturated carbocycles. The van der Waals surface area contributed by atoms with Crippen molar-refractivity contribution in [2.75, 3.05) is 92.5 Å². The summed E-state index contributed by atoms with van der Waals surface area (Å²) in [6, 6.07) is 27.1. The van der Waals surface area contributed by atoms with Gasteiger partial charge in [0.15, 0.2) is 0 Å². The molecule has 2 aliphatic heterocycles. The lowest BCUT2D eigenvalue weighted by Gasteiger charge is -2.18. The summed E-state index contributed by atoms with van der Waals surface area (Å²) in [7, 11) is 0. The van der Waals surface area contributed by atoms with E-state index in [0.29, 0.717) is 125 Å². The van der Waals surface area contributed by atoms with Gasteiger partial charge in [-0.15, -0.1) is 0 Å². The van der Waals surface area contributed by atoms with Crippen molar-refractivity contribution in [3.8, 4) is 34.5 Å². The summed E-state index contributed by atoms with van der Waals surface area (Å²) in [5, 5.41) is 0. The van der Waals surface area contributed by atoms with Gasteiger partial charge < -0.3 is 66.3 Å². The van der Waals surface area contributed by atoms with Gasteiger partial charge in [-0.2, -0.15) is 0 Å². The maximum Gasteiger partial charge on any atom is 0.343 e. The maximum absolute atomic E-state index is 12.7. The standard InChI is InChI=1S/C50H62O16/c1-35(59-31-47-33-63-47)27-57-37(3)29-61-43-13-17-45(18-14-43)65-49(51)39-5-9-41(10-6-39)55-25-23-53-21-22-54-24-26-56-42-11-7-40(8-12-42)50(52)66-46-19-15-44(16-20-46)62-30-38(4)58-28-36(2)60-32-48-34-64-48/h5-20,35-38,47-48H,21-34H2,1-4H3. The first-order valence-electron chi connectivity index (χ1n) is 22.4. The van der Waals surface area contributed by atoms with E-state index in [9.17, 15) is 9.59 Å². The van der Waals surface area contributed by atoms with Gasteiger partial charge in [0.25, 0.3) is 0 Å². The van der Waals surface area contributed by atoms with E-state index in [-0.39, 0.29) is 36.6 Å². The van der Waals surface area contributed by atoms with Gasteiger partial charge in [-0.05, 0) is 125 Å². The summed E-state index contributed by atoms with van der Waals surface area (Å²) < 4.78 is 78.6. The molecule has 2 heterocycles. The number of hydrogen-bond donors (Lipinski definition) is 0. The highest BCUT2D eigenvalue weighted by Gasteiger charge is 2.24. The number of esters is 2. The number of carbonyl (C=O) groups excluding carboxylic acids is 2. The Hall–Kier alpha value is -5.30. The fraction of sp³-hybridized carbons (Fsp3) is 0.480. The van der Waals surface area contributed by atoms with Crippen molar-refractivity contribution in [2.45, 2.75) is 64.3 Å². The molecule has 6 rings (SSSR count). The minimum absolute atomic E-state index is 0.0236. The van der Waals surface area contributed by atoms with Crippen molar-refractivity contribution >= 4 is 11.9 Å². The number of benzene rings is 4. The molecule has 358 valence electrons. The molecule has 0 radical (unpaired) electrons. The van der Waals surface area contributed by atoms with E-state index < -0.39 is 11.9 Å². The van der Waals surface area contributed by atoms with Crippen molar-refractivity contribution in [3.63, 3.8) is 0 Å². The van der Waals surface area contributed by atoms with Gasteiger partial charge in [-0.1, -0.05) is 0 Å². The third-order valence-corrected chi connectivity index (χ3v) is 9.75. The molecule has 0 aliphatic carbocycles. The molecule has 0 amide bonds. The lowest BCUT2D eigenvalue weighted by molar-refractivity contribution is -0.0451. The fourth-order valence-corrected chi connectivity index (χ4v) is 5.76. The third kappa shape index (κ3) is 19.7. The summed E-state index contributed by atoms with van der Waals surface area (Å²) in [6.45, 7) is 14.3. The van der Waals surface area contributed by atoms with Crippen LogP contribution in [0, 0.1) is 0 Å². The molecule has 6 unspecified atom stereocenters. The van der Waals surface area contributed by atoms with Crippen LogP contribution >= 0.6 is 0 Å². The molecule has 0 aromatic heterocycles. The van der Waals surface area contributed by atoms with Gasteiger partial charge in [-0.25, -0.2) is 9.59 Å². The molecule has 4 aromatic rings. The Morgan fingerprint density at radius 3 is 1.09 bits per heavy atom.